The zero-order valence-corrected chi connectivity index (χ0v) is 22.9. The molecule has 0 aromatic heterocycles. The third-order valence-corrected chi connectivity index (χ3v) is 10.0. The predicted octanol–water partition coefficient (Wildman–Crippen LogP) is 9.67. The minimum atomic E-state index is 0.250. The highest BCUT2D eigenvalue weighted by molar-refractivity contribution is 9.11. The minimum Gasteiger partial charge on any atom is -0.294 e. The molecule has 0 atom stereocenters. The lowest BCUT2D eigenvalue weighted by Crippen LogP contribution is -2.14. The smallest absolute Gasteiger partial charge is 0.163 e. The monoisotopic (exact) mass is 600 g/mol. The van der Waals surface area contributed by atoms with E-state index in [0.29, 0.717) is 12.8 Å². The van der Waals surface area contributed by atoms with Crippen LogP contribution in [0.2, 0.25) is 0 Å². The summed E-state index contributed by atoms with van der Waals surface area (Å²) in [5.74, 6) is 0.250. The normalized spacial score (nSPS) is 15.9. The Hall–Kier alpha value is -3.27. The Balaban J connectivity index is 1.53. The van der Waals surface area contributed by atoms with Crippen LogP contribution in [-0.2, 0) is 17.6 Å². The summed E-state index contributed by atoms with van der Waals surface area (Å²) >= 11 is 8.03. The summed E-state index contributed by atoms with van der Waals surface area (Å²) in [6.07, 6.45) is 6.35. The van der Waals surface area contributed by atoms with E-state index in [1.54, 1.807) is 0 Å². The van der Waals surface area contributed by atoms with Crippen LogP contribution in [-0.4, -0.2) is 5.78 Å². The highest BCUT2D eigenvalue weighted by atomic mass is 79.9. The Labute approximate surface area is 230 Å². The van der Waals surface area contributed by atoms with Gasteiger partial charge in [-0.2, -0.15) is 0 Å². The fourth-order valence-corrected chi connectivity index (χ4v) is 8.59. The number of hydrogen-bond donors (Lipinski definition) is 0. The van der Waals surface area contributed by atoms with Gasteiger partial charge in [-0.15, -0.1) is 0 Å². The molecule has 0 heterocycles. The first kappa shape index (κ1) is 20.7. The average molecular weight is 602 g/mol. The van der Waals surface area contributed by atoms with Crippen LogP contribution in [0.15, 0.2) is 87.3 Å². The SMILES string of the molecule is O=C1CC=CC2=C1Cc1ccc3c4c(Br)cc5c6c(ccc(c7c(Br)cc2c1c37)c64)Cc1ccccc1-5. The van der Waals surface area contributed by atoms with Crippen molar-refractivity contribution in [2.75, 3.05) is 0 Å². The van der Waals surface area contributed by atoms with Gasteiger partial charge < -0.3 is 0 Å². The molecule has 0 bridgehead atoms. The molecule has 3 heteroatoms. The highest BCUT2D eigenvalue weighted by Crippen LogP contribution is 2.53. The molecule has 3 aliphatic rings. The number of fused-ring (bicyclic) bond motifs is 5. The molecule has 0 spiro atoms. The molecule has 0 radical (unpaired) electrons. The van der Waals surface area contributed by atoms with Gasteiger partial charge in [-0.05, 0) is 89.8 Å². The first-order valence-electron chi connectivity index (χ1n) is 12.7. The van der Waals surface area contributed by atoms with Crippen molar-refractivity contribution < 1.29 is 4.79 Å². The Morgan fingerprint density at radius 3 is 2.00 bits per heavy atom. The molecule has 0 saturated carbocycles. The number of benzene rings is 6. The van der Waals surface area contributed by atoms with Gasteiger partial charge in [0.2, 0.25) is 0 Å². The Kier molecular flexibility index (Phi) is 3.91. The van der Waals surface area contributed by atoms with Crippen LogP contribution in [0, 0.1) is 0 Å². The standard InChI is InChI=1S/C34H18Br2O/c35-26-14-24-19-5-2-1-4-16(19)12-17-8-10-21-32-27(36)15-25-20-6-3-7-28(37)23(20)13-18-9-11-22(34(32)30(18)25)31(26)33(21)29(17)24/h1-6,8-11,14-15H,7,12-13H2. The van der Waals surface area contributed by atoms with E-state index in [9.17, 15) is 4.79 Å². The van der Waals surface area contributed by atoms with E-state index < -0.39 is 0 Å². The van der Waals surface area contributed by atoms with Crippen LogP contribution >= 0.6 is 31.9 Å². The zero-order valence-electron chi connectivity index (χ0n) is 19.7. The maximum atomic E-state index is 12.8. The number of halogens is 2. The van der Waals surface area contributed by atoms with Gasteiger partial charge in [-0.1, -0.05) is 92.5 Å². The largest absolute Gasteiger partial charge is 0.294 e. The second-order valence-electron chi connectivity index (χ2n) is 10.5. The number of carbonyl (C=O) groups is 1. The summed E-state index contributed by atoms with van der Waals surface area (Å²) < 4.78 is 2.23. The lowest BCUT2D eigenvalue weighted by molar-refractivity contribution is -0.114. The molecular weight excluding hydrogens is 584 g/mol. The maximum absolute atomic E-state index is 12.8. The van der Waals surface area contributed by atoms with Crippen molar-refractivity contribution >= 4 is 86.3 Å². The van der Waals surface area contributed by atoms with Crippen molar-refractivity contribution in [3.8, 4) is 11.1 Å². The van der Waals surface area contributed by atoms with Gasteiger partial charge in [0.1, 0.15) is 0 Å². The van der Waals surface area contributed by atoms with E-state index in [0.717, 1.165) is 26.5 Å². The summed E-state index contributed by atoms with van der Waals surface area (Å²) in [6, 6.07) is 22.6. The average Bonchev–Trinajstić information content (AvgIpc) is 2.91. The third kappa shape index (κ3) is 2.48. The van der Waals surface area contributed by atoms with E-state index in [4.69, 9.17) is 0 Å². The van der Waals surface area contributed by atoms with Crippen molar-refractivity contribution in [2.45, 2.75) is 19.3 Å². The second kappa shape index (κ2) is 6.98. The highest BCUT2D eigenvalue weighted by Gasteiger charge is 2.30. The quantitative estimate of drug-likeness (QED) is 0.125. The van der Waals surface area contributed by atoms with E-state index in [-0.39, 0.29) is 5.78 Å². The summed E-state index contributed by atoms with van der Waals surface area (Å²) in [4.78, 5) is 12.8. The Morgan fingerprint density at radius 1 is 0.595 bits per heavy atom. The number of rotatable bonds is 0. The van der Waals surface area contributed by atoms with Crippen molar-refractivity contribution in [1.29, 1.82) is 0 Å². The summed E-state index contributed by atoms with van der Waals surface area (Å²) in [7, 11) is 0. The summed E-state index contributed by atoms with van der Waals surface area (Å²) in [5, 5.41) is 10.4. The lowest BCUT2D eigenvalue weighted by Gasteiger charge is -2.28. The molecule has 0 saturated heterocycles. The van der Waals surface area contributed by atoms with Crippen LogP contribution in [0.4, 0.5) is 0 Å². The first-order valence-corrected chi connectivity index (χ1v) is 14.3. The van der Waals surface area contributed by atoms with E-state index in [1.165, 1.54) is 76.5 Å². The van der Waals surface area contributed by atoms with Gasteiger partial charge in [-0.25, -0.2) is 0 Å². The molecular formula is C34H18Br2O. The van der Waals surface area contributed by atoms with Crippen LogP contribution < -0.4 is 0 Å². The fraction of sp³-hybridized carbons (Fsp3) is 0.0882. The maximum Gasteiger partial charge on any atom is 0.163 e. The molecule has 9 rings (SSSR count). The van der Waals surface area contributed by atoms with Crippen LogP contribution in [0.3, 0.4) is 0 Å². The second-order valence-corrected chi connectivity index (χ2v) is 12.2. The minimum absolute atomic E-state index is 0.250. The van der Waals surface area contributed by atoms with Crippen LogP contribution in [0.1, 0.15) is 28.7 Å². The Bertz CT molecular complexity index is 2140. The summed E-state index contributed by atoms with van der Waals surface area (Å²) in [6.45, 7) is 0. The van der Waals surface area contributed by atoms with Gasteiger partial charge in [0.25, 0.3) is 0 Å². The van der Waals surface area contributed by atoms with E-state index in [1.807, 2.05) is 6.08 Å². The molecule has 6 aromatic rings. The van der Waals surface area contributed by atoms with Crippen molar-refractivity contribution in [2.24, 2.45) is 0 Å². The summed E-state index contributed by atoms with van der Waals surface area (Å²) in [5.41, 5.74) is 9.92. The molecule has 1 nitrogen and oxygen atoms in total. The van der Waals surface area contributed by atoms with Gasteiger partial charge in [-0.3, -0.25) is 4.79 Å². The third-order valence-electron chi connectivity index (χ3n) is 8.78. The molecule has 174 valence electrons. The number of allylic oxidation sites excluding steroid dienone is 4. The number of carbonyl (C=O) groups excluding carboxylic acids is 1. The van der Waals surface area contributed by atoms with Gasteiger partial charge in [0.05, 0.1) is 0 Å². The Morgan fingerprint density at radius 2 is 1.24 bits per heavy atom. The molecule has 0 fully saturated rings. The lowest BCUT2D eigenvalue weighted by atomic mass is 9.76. The molecule has 0 aliphatic heterocycles. The molecule has 0 amide bonds. The van der Waals surface area contributed by atoms with Crippen molar-refractivity contribution in [3.05, 3.63) is 110 Å². The van der Waals surface area contributed by atoms with Crippen molar-refractivity contribution in [1.82, 2.24) is 0 Å². The van der Waals surface area contributed by atoms with Gasteiger partial charge in [0, 0.05) is 38.1 Å². The number of Topliss-reactive ketones (excluding diaryl/α,β-unsaturated/α-hetero) is 1. The van der Waals surface area contributed by atoms with Crippen LogP contribution in [0.5, 0.6) is 0 Å². The van der Waals surface area contributed by atoms with Crippen molar-refractivity contribution in [3.63, 3.8) is 0 Å². The fourth-order valence-electron chi connectivity index (χ4n) is 7.31. The topological polar surface area (TPSA) is 17.1 Å². The molecule has 0 N–H and O–H groups in total. The van der Waals surface area contributed by atoms with Crippen LogP contribution in [0.25, 0.3) is 59.8 Å². The predicted molar refractivity (Wildman–Crippen MR) is 161 cm³/mol. The zero-order chi connectivity index (χ0) is 24.6. The molecule has 0 unspecified atom stereocenters. The van der Waals surface area contributed by atoms with Gasteiger partial charge in [0.15, 0.2) is 5.78 Å². The molecule has 6 aromatic carbocycles. The van der Waals surface area contributed by atoms with E-state index >= 15 is 0 Å². The number of ketones is 1. The molecule has 3 aliphatic carbocycles. The molecule has 37 heavy (non-hydrogen) atoms. The van der Waals surface area contributed by atoms with E-state index in [2.05, 4.69) is 98.6 Å². The van der Waals surface area contributed by atoms with Gasteiger partial charge >= 0.3 is 0 Å². The number of hydrogen-bond acceptors (Lipinski definition) is 1. The first-order chi connectivity index (χ1) is 18.1.